The van der Waals surface area contributed by atoms with Crippen LogP contribution in [0.2, 0.25) is 10.0 Å². The van der Waals surface area contributed by atoms with Crippen LogP contribution in [0.4, 0.5) is 5.69 Å². The first-order valence-electron chi connectivity index (χ1n) is 7.78. The number of carboxylic acids is 1. The maximum Gasteiger partial charge on any atom is 0.0715 e. The van der Waals surface area contributed by atoms with Crippen LogP contribution in [-0.4, -0.2) is 5.97 Å². The summed E-state index contributed by atoms with van der Waals surface area (Å²) in [4.78, 5) is 10.9. The normalized spacial score (nSPS) is 24.2. The molecule has 0 fully saturated rings. The van der Waals surface area contributed by atoms with Crippen LogP contribution in [0.5, 0.6) is 0 Å². The Labute approximate surface area is 149 Å². The lowest BCUT2D eigenvalue weighted by atomic mass is 9.77. The Balaban J connectivity index is 1.76. The zero-order valence-corrected chi connectivity index (χ0v) is 14.1. The van der Waals surface area contributed by atoms with Crippen molar-refractivity contribution >= 4 is 34.9 Å². The molecule has 122 valence electrons. The lowest BCUT2D eigenvalue weighted by Gasteiger charge is -2.38. The molecule has 0 radical (unpaired) electrons. The number of carbonyl (C=O) groups excluding carboxylic acids is 1. The predicted octanol–water partition coefficient (Wildman–Crippen LogP) is 4.18. The average Bonchev–Trinajstić information content (AvgIpc) is 3.04. The number of rotatable bonds is 2. The van der Waals surface area contributed by atoms with Gasteiger partial charge >= 0.3 is 0 Å². The van der Waals surface area contributed by atoms with Gasteiger partial charge in [0.1, 0.15) is 0 Å². The number of halogens is 2. The molecule has 3 nitrogen and oxygen atoms in total. The minimum atomic E-state index is -1.17. The zero-order valence-electron chi connectivity index (χ0n) is 12.6. The number of nitrogens with one attached hydrogen (secondary N) is 1. The number of carbonyl (C=O) groups is 1. The lowest BCUT2D eigenvalue weighted by Crippen LogP contribution is -2.29. The second-order valence-corrected chi connectivity index (χ2v) is 7.08. The minimum absolute atomic E-state index is 0.0620. The van der Waals surface area contributed by atoms with E-state index in [1.54, 1.807) is 18.2 Å². The van der Waals surface area contributed by atoms with E-state index in [2.05, 4.69) is 17.5 Å². The molecule has 5 heteroatoms. The summed E-state index contributed by atoms with van der Waals surface area (Å²) in [7, 11) is 0. The van der Waals surface area contributed by atoms with Crippen molar-refractivity contribution in [3.63, 3.8) is 0 Å². The molecule has 2 aliphatic rings. The summed E-state index contributed by atoms with van der Waals surface area (Å²) < 4.78 is 0. The fraction of sp³-hybridized carbons (Fsp3) is 0.211. The van der Waals surface area contributed by atoms with Gasteiger partial charge in [-0.25, -0.2) is 0 Å². The second kappa shape index (κ2) is 5.83. The fourth-order valence-electron chi connectivity index (χ4n) is 3.78. The van der Waals surface area contributed by atoms with Crippen molar-refractivity contribution < 1.29 is 9.90 Å². The number of hydrogen-bond donors (Lipinski definition) is 1. The van der Waals surface area contributed by atoms with Crippen LogP contribution in [0, 0.1) is 5.92 Å². The third kappa shape index (κ3) is 2.48. The van der Waals surface area contributed by atoms with Gasteiger partial charge in [-0.15, -0.1) is 0 Å². The molecular formula is C19H14Cl2NO2-. The highest BCUT2D eigenvalue weighted by molar-refractivity contribution is 6.36. The van der Waals surface area contributed by atoms with Gasteiger partial charge in [0.15, 0.2) is 0 Å². The molecule has 2 aromatic rings. The molecule has 1 heterocycles. The molecule has 0 spiro atoms. The number of benzene rings is 2. The van der Waals surface area contributed by atoms with Gasteiger partial charge in [-0.2, -0.15) is 0 Å². The van der Waals surface area contributed by atoms with Crippen LogP contribution in [0.3, 0.4) is 0 Å². The quantitative estimate of drug-likeness (QED) is 0.819. The molecule has 4 rings (SSSR count). The Morgan fingerprint density at radius 1 is 1.17 bits per heavy atom. The van der Waals surface area contributed by atoms with E-state index < -0.39 is 5.97 Å². The summed E-state index contributed by atoms with van der Waals surface area (Å²) in [6.07, 6.45) is 5.34. The molecule has 0 unspecified atom stereocenters. The summed E-state index contributed by atoms with van der Waals surface area (Å²) in [5.74, 6) is -0.564. The van der Waals surface area contributed by atoms with Crippen molar-refractivity contribution in [3.8, 4) is 0 Å². The number of hydrogen-bond acceptors (Lipinski definition) is 3. The van der Waals surface area contributed by atoms with E-state index in [1.807, 2.05) is 18.2 Å². The molecule has 1 aliphatic carbocycles. The van der Waals surface area contributed by atoms with E-state index in [9.17, 15) is 9.90 Å². The molecule has 0 amide bonds. The third-order valence-electron chi connectivity index (χ3n) is 4.89. The van der Waals surface area contributed by atoms with Crippen LogP contribution in [0.15, 0.2) is 48.6 Å². The monoisotopic (exact) mass is 358 g/mol. The van der Waals surface area contributed by atoms with E-state index in [1.165, 1.54) is 0 Å². The Hall–Kier alpha value is -1.97. The topological polar surface area (TPSA) is 52.2 Å². The van der Waals surface area contributed by atoms with Gasteiger partial charge in [-0.3, -0.25) is 0 Å². The molecule has 1 aliphatic heterocycles. The molecule has 24 heavy (non-hydrogen) atoms. The van der Waals surface area contributed by atoms with Gasteiger partial charge in [0, 0.05) is 10.9 Å². The van der Waals surface area contributed by atoms with Crippen LogP contribution >= 0.6 is 23.2 Å². The van der Waals surface area contributed by atoms with Gasteiger partial charge in [-0.1, -0.05) is 59.6 Å². The molecule has 0 bridgehead atoms. The SMILES string of the molecule is O=C([O-])c1ccc([C@H]2Nc3c(Cl)cc(Cl)cc3[C@H]3C=CC[C@H]32)cc1. The smallest absolute Gasteiger partial charge is 0.0715 e. The van der Waals surface area contributed by atoms with Crippen molar-refractivity contribution in [2.75, 3.05) is 5.32 Å². The summed E-state index contributed by atoms with van der Waals surface area (Å²) in [6, 6.07) is 10.6. The number of carboxylic acid groups (broad SMARTS) is 1. The Kier molecular flexibility index (Phi) is 3.78. The van der Waals surface area contributed by atoms with Crippen LogP contribution in [-0.2, 0) is 0 Å². The van der Waals surface area contributed by atoms with Gasteiger partial charge in [-0.05, 0) is 41.2 Å². The van der Waals surface area contributed by atoms with Crippen molar-refractivity contribution in [2.45, 2.75) is 18.4 Å². The van der Waals surface area contributed by atoms with Crippen molar-refractivity contribution in [3.05, 3.63) is 75.3 Å². The first-order valence-corrected chi connectivity index (χ1v) is 8.53. The maximum absolute atomic E-state index is 10.9. The first kappa shape index (κ1) is 15.6. The molecule has 0 saturated carbocycles. The second-order valence-electron chi connectivity index (χ2n) is 6.24. The van der Waals surface area contributed by atoms with Crippen molar-refractivity contribution in [1.29, 1.82) is 0 Å². The van der Waals surface area contributed by atoms with E-state index in [4.69, 9.17) is 23.2 Å². The van der Waals surface area contributed by atoms with Crippen molar-refractivity contribution in [2.24, 2.45) is 5.92 Å². The Morgan fingerprint density at radius 3 is 2.62 bits per heavy atom. The minimum Gasteiger partial charge on any atom is -0.545 e. The fourth-order valence-corrected chi connectivity index (χ4v) is 4.34. The molecular weight excluding hydrogens is 345 g/mol. The van der Waals surface area contributed by atoms with E-state index >= 15 is 0 Å². The van der Waals surface area contributed by atoms with Crippen LogP contribution in [0.1, 0.15) is 39.9 Å². The van der Waals surface area contributed by atoms with Gasteiger partial charge in [0.05, 0.1) is 22.7 Å². The summed E-state index contributed by atoms with van der Waals surface area (Å²) in [5.41, 5.74) is 3.24. The molecule has 3 atom stereocenters. The zero-order chi connectivity index (χ0) is 16.8. The average molecular weight is 359 g/mol. The van der Waals surface area contributed by atoms with Crippen molar-refractivity contribution in [1.82, 2.24) is 0 Å². The number of aromatic carboxylic acids is 1. The lowest BCUT2D eigenvalue weighted by molar-refractivity contribution is -0.255. The van der Waals surface area contributed by atoms with Crippen LogP contribution in [0.25, 0.3) is 0 Å². The summed E-state index contributed by atoms with van der Waals surface area (Å²) in [5, 5.41) is 15.7. The van der Waals surface area contributed by atoms with E-state index in [-0.39, 0.29) is 17.5 Å². The summed E-state index contributed by atoms with van der Waals surface area (Å²) >= 11 is 12.6. The summed E-state index contributed by atoms with van der Waals surface area (Å²) in [6.45, 7) is 0. The predicted molar refractivity (Wildman–Crippen MR) is 93.6 cm³/mol. The van der Waals surface area contributed by atoms with Gasteiger partial charge in [0.25, 0.3) is 0 Å². The van der Waals surface area contributed by atoms with E-state index in [0.29, 0.717) is 16.0 Å². The van der Waals surface area contributed by atoms with Gasteiger partial charge < -0.3 is 15.2 Å². The standard InChI is InChI=1S/C19H15Cl2NO2/c20-12-8-15-13-2-1-3-14(13)17(22-18(15)16(21)9-12)10-4-6-11(7-5-10)19(23)24/h1-2,4-9,13-14,17,22H,3H2,(H,23,24)/p-1/t13-,14+,17+/m0/s1. The molecule has 0 aromatic heterocycles. The molecule has 1 N–H and O–H groups in total. The largest absolute Gasteiger partial charge is 0.545 e. The number of anilines is 1. The first-order chi connectivity index (χ1) is 11.5. The third-order valence-corrected chi connectivity index (χ3v) is 5.41. The Bertz CT molecular complexity index is 845. The molecule has 2 aromatic carbocycles. The highest BCUT2D eigenvalue weighted by atomic mass is 35.5. The number of allylic oxidation sites excluding steroid dienone is 2. The highest BCUT2D eigenvalue weighted by Gasteiger charge is 2.38. The Morgan fingerprint density at radius 2 is 1.92 bits per heavy atom. The maximum atomic E-state index is 10.9. The van der Waals surface area contributed by atoms with E-state index in [0.717, 1.165) is 23.2 Å². The van der Waals surface area contributed by atoms with Gasteiger partial charge in [0.2, 0.25) is 0 Å². The van der Waals surface area contributed by atoms with Crippen LogP contribution < -0.4 is 10.4 Å². The molecule has 0 saturated heterocycles. The highest BCUT2D eigenvalue weighted by Crippen LogP contribution is 2.52. The number of fused-ring (bicyclic) bond motifs is 3.